The topological polar surface area (TPSA) is 63.3 Å². The summed E-state index contributed by atoms with van der Waals surface area (Å²) in [5.41, 5.74) is 0.913. The van der Waals surface area contributed by atoms with E-state index in [2.05, 4.69) is 20.9 Å². The van der Waals surface area contributed by atoms with E-state index in [-0.39, 0.29) is 11.7 Å². The molecule has 0 unspecified atom stereocenters. The second kappa shape index (κ2) is 4.89. The number of aromatic nitrogens is 1. The molecular weight excluding hydrogens is 309 g/mol. The third-order valence-electron chi connectivity index (χ3n) is 2.12. The number of hydrogen-bond acceptors (Lipinski definition) is 3. The maximum atomic E-state index is 10.9. The normalized spacial score (nSPS) is 10.5. The van der Waals surface area contributed by atoms with Gasteiger partial charge in [-0.1, -0.05) is 39.7 Å². The fourth-order valence-corrected chi connectivity index (χ4v) is 1.96. The molecule has 17 heavy (non-hydrogen) atoms. The van der Waals surface area contributed by atoms with Crippen LogP contribution in [0.2, 0.25) is 5.02 Å². The lowest BCUT2D eigenvalue weighted by Gasteiger charge is -1.97. The Morgan fingerprint density at radius 1 is 1.47 bits per heavy atom. The fraction of sp³-hybridized carbons (Fsp3) is 0.0909. The van der Waals surface area contributed by atoms with Crippen LogP contribution in [0.5, 0.6) is 0 Å². The average Bonchev–Trinajstić information content (AvgIpc) is 2.73. The van der Waals surface area contributed by atoms with Crippen molar-refractivity contribution in [2.45, 2.75) is 5.33 Å². The van der Waals surface area contributed by atoms with Crippen LogP contribution in [0.15, 0.2) is 28.7 Å². The molecule has 0 saturated carbocycles. The number of aromatic carboxylic acids is 1. The number of carbonyl (C=O) groups is 1. The molecule has 0 bridgehead atoms. The van der Waals surface area contributed by atoms with Crippen LogP contribution in [-0.4, -0.2) is 16.1 Å². The number of nitrogens with zero attached hydrogens (tertiary/aromatic N) is 1. The molecular formula is C11H7BrClNO3. The predicted octanol–water partition coefficient (Wildman–Crippen LogP) is 3.59. The molecule has 1 aromatic heterocycles. The van der Waals surface area contributed by atoms with E-state index in [0.717, 1.165) is 0 Å². The zero-order valence-corrected chi connectivity index (χ0v) is 10.8. The summed E-state index contributed by atoms with van der Waals surface area (Å²) in [6, 6.07) is 6.96. The summed E-state index contributed by atoms with van der Waals surface area (Å²) in [6.07, 6.45) is 0. The lowest BCUT2D eigenvalue weighted by atomic mass is 10.2. The third-order valence-corrected chi connectivity index (χ3v) is 2.98. The summed E-state index contributed by atoms with van der Waals surface area (Å²) in [5, 5.41) is 9.71. The first-order valence-electron chi connectivity index (χ1n) is 4.67. The van der Waals surface area contributed by atoms with E-state index in [1.165, 1.54) is 0 Å². The molecule has 6 heteroatoms. The Morgan fingerprint density at radius 2 is 2.18 bits per heavy atom. The van der Waals surface area contributed by atoms with Crippen molar-refractivity contribution in [3.05, 3.63) is 40.7 Å². The highest BCUT2D eigenvalue weighted by molar-refractivity contribution is 9.08. The third kappa shape index (κ3) is 2.35. The summed E-state index contributed by atoms with van der Waals surface area (Å²) in [6.45, 7) is 0. The molecule has 0 radical (unpaired) electrons. The SMILES string of the molecule is O=C(O)c1oc(-c2ccccc2Cl)nc1CBr. The first kappa shape index (κ1) is 12.1. The average molecular weight is 317 g/mol. The molecule has 0 saturated heterocycles. The van der Waals surface area contributed by atoms with Crippen molar-refractivity contribution in [3.8, 4) is 11.5 Å². The van der Waals surface area contributed by atoms with E-state index in [4.69, 9.17) is 21.1 Å². The van der Waals surface area contributed by atoms with Crippen LogP contribution in [0.4, 0.5) is 0 Å². The highest BCUT2D eigenvalue weighted by atomic mass is 79.9. The number of rotatable bonds is 3. The Hall–Kier alpha value is -1.33. The van der Waals surface area contributed by atoms with Gasteiger partial charge in [-0.3, -0.25) is 0 Å². The van der Waals surface area contributed by atoms with E-state index in [1.54, 1.807) is 24.3 Å². The Kier molecular flexibility index (Phi) is 3.49. The van der Waals surface area contributed by atoms with Crippen LogP contribution < -0.4 is 0 Å². The fourth-order valence-electron chi connectivity index (χ4n) is 1.36. The zero-order valence-electron chi connectivity index (χ0n) is 8.48. The van der Waals surface area contributed by atoms with Gasteiger partial charge in [-0.2, -0.15) is 0 Å². The van der Waals surface area contributed by atoms with E-state index in [0.29, 0.717) is 21.6 Å². The predicted molar refractivity (Wildman–Crippen MR) is 66.5 cm³/mol. The van der Waals surface area contributed by atoms with Crippen molar-refractivity contribution in [2.24, 2.45) is 0 Å². The summed E-state index contributed by atoms with van der Waals surface area (Å²) in [7, 11) is 0. The second-order valence-corrected chi connectivity index (χ2v) is 4.18. The van der Waals surface area contributed by atoms with E-state index >= 15 is 0 Å². The summed E-state index contributed by atoms with van der Waals surface area (Å²) < 4.78 is 5.21. The van der Waals surface area contributed by atoms with Crippen molar-refractivity contribution < 1.29 is 14.3 Å². The molecule has 0 spiro atoms. The van der Waals surface area contributed by atoms with Gasteiger partial charge in [-0.25, -0.2) is 9.78 Å². The van der Waals surface area contributed by atoms with Crippen molar-refractivity contribution in [1.82, 2.24) is 4.98 Å². The molecule has 88 valence electrons. The Labute approximate surface area is 110 Å². The minimum absolute atomic E-state index is 0.170. The monoisotopic (exact) mass is 315 g/mol. The number of alkyl halides is 1. The molecule has 0 fully saturated rings. The zero-order chi connectivity index (χ0) is 12.4. The molecule has 0 aliphatic heterocycles. The van der Waals surface area contributed by atoms with Gasteiger partial charge < -0.3 is 9.52 Å². The highest BCUT2D eigenvalue weighted by Gasteiger charge is 2.20. The first-order chi connectivity index (χ1) is 8.13. The van der Waals surface area contributed by atoms with Gasteiger partial charge >= 0.3 is 5.97 Å². The van der Waals surface area contributed by atoms with E-state index in [9.17, 15) is 4.79 Å². The number of carboxylic acids is 1. The molecule has 0 atom stereocenters. The highest BCUT2D eigenvalue weighted by Crippen LogP contribution is 2.29. The molecule has 1 heterocycles. The van der Waals surface area contributed by atoms with Crippen LogP contribution in [0, 0.1) is 0 Å². The molecule has 0 aliphatic carbocycles. The van der Waals surface area contributed by atoms with Gasteiger partial charge in [0, 0.05) is 5.33 Å². The molecule has 1 aromatic carbocycles. The van der Waals surface area contributed by atoms with Gasteiger partial charge in [0.25, 0.3) is 0 Å². The molecule has 0 amide bonds. The summed E-state index contributed by atoms with van der Waals surface area (Å²) >= 11 is 9.15. The molecule has 4 nitrogen and oxygen atoms in total. The van der Waals surface area contributed by atoms with Gasteiger partial charge in [0.05, 0.1) is 10.6 Å². The van der Waals surface area contributed by atoms with Gasteiger partial charge in [0.1, 0.15) is 5.69 Å². The van der Waals surface area contributed by atoms with Crippen LogP contribution >= 0.6 is 27.5 Å². The number of hydrogen-bond donors (Lipinski definition) is 1. The number of benzene rings is 1. The largest absolute Gasteiger partial charge is 0.475 e. The summed E-state index contributed by atoms with van der Waals surface area (Å²) in [5.74, 6) is -1.11. The molecule has 0 aliphatic rings. The number of oxazole rings is 1. The van der Waals surface area contributed by atoms with Gasteiger partial charge in [0.15, 0.2) is 0 Å². The molecule has 2 aromatic rings. The minimum atomic E-state index is -1.15. The van der Waals surface area contributed by atoms with Crippen LogP contribution in [0.25, 0.3) is 11.5 Å². The maximum absolute atomic E-state index is 10.9. The van der Waals surface area contributed by atoms with Crippen LogP contribution in [0.3, 0.4) is 0 Å². The van der Waals surface area contributed by atoms with Crippen LogP contribution in [-0.2, 0) is 5.33 Å². The van der Waals surface area contributed by atoms with Crippen molar-refractivity contribution in [1.29, 1.82) is 0 Å². The quantitative estimate of drug-likeness (QED) is 0.879. The maximum Gasteiger partial charge on any atom is 0.373 e. The van der Waals surface area contributed by atoms with Crippen molar-refractivity contribution in [3.63, 3.8) is 0 Å². The van der Waals surface area contributed by atoms with Gasteiger partial charge in [0.2, 0.25) is 11.7 Å². The van der Waals surface area contributed by atoms with Crippen molar-refractivity contribution in [2.75, 3.05) is 0 Å². The minimum Gasteiger partial charge on any atom is -0.475 e. The molecule has 1 N–H and O–H groups in total. The van der Waals surface area contributed by atoms with Crippen LogP contribution in [0.1, 0.15) is 16.2 Å². The number of halogens is 2. The Balaban J connectivity index is 2.54. The summed E-state index contributed by atoms with van der Waals surface area (Å²) in [4.78, 5) is 15.0. The van der Waals surface area contributed by atoms with Crippen molar-refractivity contribution >= 4 is 33.5 Å². The Morgan fingerprint density at radius 3 is 2.71 bits per heavy atom. The van der Waals surface area contributed by atoms with E-state index in [1.807, 2.05) is 0 Å². The van der Waals surface area contributed by atoms with Gasteiger partial charge in [-0.05, 0) is 12.1 Å². The van der Waals surface area contributed by atoms with E-state index < -0.39 is 5.97 Å². The first-order valence-corrected chi connectivity index (χ1v) is 6.17. The second-order valence-electron chi connectivity index (χ2n) is 3.21. The van der Waals surface area contributed by atoms with Gasteiger partial charge in [-0.15, -0.1) is 0 Å². The molecule has 2 rings (SSSR count). The lowest BCUT2D eigenvalue weighted by molar-refractivity contribution is 0.0662. The lowest BCUT2D eigenvalue weighted by Crippen LogP contribution is -1.97. The smallest absolute Gasteiger partial charge is 0.373 e. The standard InChI is InChI=1S/C11H7BrClNO3/c12-5-8-9(11(15)16)17-10(14-8)6-3-1-2-4-7(6)13/h1-4H,5H2,(H,15,16). The number of carboxylic acid groups (broad SMARTS) is 1. The Bertz CT molecular complexity index is 568.